The number of ether oxygens (including phenoxy) is 1. The molecule has 0 aliphatic heterocycles. The summed E-state index contributed by atoms with van der Waals surface area (Å²) in [6.45, 7) is 14.8. The molecular formula is C30H62ClOP. The molecule has 0 spiro atoms. The van der Waals surface area contributed by atoms with Gasteiger partial charge in [0.1, 0.15) is 0 Å². The van der Waals surface area contributed by atoms with E-state index < -0.39 is 7.26 Å². The monoisotopic (exact) mass is 504 g/mol. The summed E-state index contributed by atoms with van der Waals surface area (Å²) in [7, 11) is -0.878. The molecular weight excluding hydrogens is 443 g/mol. The van der Waals surface area contributed by atoms with Crippen LogP contribution in [0.15, 0.2) is 12.2 Å². The van der Waals surface area contributed by atoms with Gasteiger partial charge in [-0.15, -0.1) is 0 Å². The first-order valence-corrected chi connectivity index (χ1v) is 17.2. The van der Waals surface area contributed by atoms with Gasteiger partial charge < -0.3 is 17.1 Å². The maximum atomic E-state index is 6.06. The summed E-state index contributed by atoms with van der Waals surface area (Å²) < 4.78 is 6.06. The van der Waals surface area contributed by atoms with Crippen LogP contribution in [0.1, 0.15) is 143 Å². The Morgan fingerprint density at radius 1 is 0.545 bits per heavy atom. The molecule has 0 heterocycles. The van der Waals surface area contributed by atoms with E-state index >= 15 is 0 Å². The van der Waals surface area contributed by atoms with Gasteiger partial charge in [-0.2, -0.15) is 0 Å². The van der Waals surface area contributed by atoms with E-state index in [1.165, 1.54) is 122 Å². The molecule has 0 bridgehead atoms. The lowest BCUT2D eigenvalue weighted by Crippen LogP contribution is -3.00. The Morgan fingerprint density at radius 2 is 0.879 bits per heavy atom. The predicted molar refractivity (Wildman–Crippen MR) is 152 cm³/mol. The third-order valence-electron chi connectivity index (χ3n) is 7.02. The SMILES string of the molecule is C=C(C)COCC[P+](CCCCCCCC)(CCCCCCCC)CCCCCCCC.[Cl-]. The molecule has 0 aromatic heterocycles. The number of hydrogen-bond acceptors (Lipinski definition) is 1. The van der Waals surface area contributed by atoms with Gasteiger partial charge in [-0.3, -0.25) is 0 Å². The largest absolute Gasteiger partial charge is 1.00 e. The van der Waals surface area contributed by atoms with Gasteiger partial charge in [-0.25, -0.2) is 0 Å². The lowest BCUT2D eigenvalue weighted by atomic mass is 10.1. The Kier molecular flexibility index (Phi) is 29.1. The average Bonchev–Trinajstić information content (AvgIpc) is 2.78. The number of halogens is 1. The maximum Gasteiger partial charge on any atom is 0.0828 e. The Morgan fingerprint density at radius 3 is 1.21 bits per heavy atom. The first-order chi connectivity index (χ1) is 15.6. The van der Waals surface area contributed by atoms with Crippen molar-refractivity contribution in [2.75, 3.05) is 37.9 Å². The highest BCUT2D eigenvalue weighted by Crippen LogP contribution is 2.60. The van der Waals surface area contributed by atoms with E-state index in [2.05, 4.69) is 34.3 Å². The van der Waals surface area contributed by atoms with Crippen LogP contribution in [0.4, 0.5) is 0 Å². The molecule has 0 unspecified atom stereocenters. The Hall–Kier alpha value is 0.420. The fraction of sp³-hybridized carbons (Fsp3) is 0.933. The summed E-state index contributed by atoms with van der Waals surface area (Å²) in [4.78, 5) is 0. The van der Waals surface area contributed by atoms with Crippen LogP contribution in [0.3, 0.4) is 0 Å². The van der Waals surface area contributed by atoms with Crippen LogP contribution in [-0.4, -0.2) is 37.9 Å². The molecule has 0 fully saturated rings. The van der Waals surface area contributed by atoms with E-state index in [1.807, 2.05) is 0 Å². The van der Waals surface area contributed by atoms with Crippen LogP contribution in [0.2, 0.25) is 0 Å². The fourth-order valence-corrected chi connectivity index (χ4v) is 9.40. The van der Waals surface area contributed by atoms with Crippen LogP contribution in [0, 0.1) is 0 Å². The molecule has 0 aliphatic carbocycles. The molecule has 0 rings (SSSR count). The van der Waals surface area contributed by atoms with Gasteiger partial charge in [-0.05, 0) is 45.4 Å². The molecule has 0 N–H and O–H groups in total. The first-order valence-electron chi connectivity index (χ1n) is 14.7. The zero-order chi connectivity index (χ0) is 23.8. The van der Waals surface area contributed by atoms with Crippen molar-refractivity contribution in [1.82, 2.24) is 0 Å². The topological polar surface area (TPSA) is 9.23 Å². The van der Waals surface area contributed by atoms with Gasteiger partial charge in [0, 0.05) is 7.26 Å². The molecule has 0 aliphatic rings. The lowest BCUT2D eigenvalue weighted by molar-refractivity contribution is -0.00000781. The molecule has 0 radical (unpaired) electrons. The standard InChI is InChI=1S/C30H62OP.ClH/c1-6-9-12-15-18-21-25-32(28-24-31-29-30(4)5,26-22-19-16-13-10-7-2)27-23-20-17-14-11-8-3;/h4,6-29H2,1-3,5H3;1H/q+1;/p-1. The van der Waals surface area contributed by atoms with E-state index in [-0.39, 0.29) is 12.4 Å². The van der Waals surface area contributed by atoms with Crippen LogP contribution in [0.25, 0.3) is 0 Å². The number of hydrogen-bond donors (Lipinski definition) is 0. The van der Waals surface area contributed by atoms with Crippen molar-refractivity contribution in [2.24, 2.45) is 0 Å². The molecule has 0 saturated carbocycles. The minimum Gasteiger partial charge on any atom is -1.00 e. The Balaban J connectivity index is 0. The summed E-state index contributed by atoms with van der Waals surface area (Å²) >= 11 is 0. The predicted octanol–water partition coefficient (Wildman–Crippen LogP) is 7.68. The molecule has 0 saturated heterocycles. The smallest absolute Gasteiger partial charge is 0.0828 e. The second-order valence-electron chi connectivity index (χ2n) is 10.5. The van der Waals surface area contributed by atoms with Crippen LogP contribution >= 0.6 is 7.26 Å². The quantitative estimate of drug-likeness (QED) is 0.0666. The molecule has 0 aromatic carbocycles. The minimum absolute atomic E-state index is 0. The van der Waals surface area contributed by atoms with Gasteiger partial charge in [0.2, 0.25) is 0 Å². The van der Waals surface area contributed by atoms with E-state index in [0.29, 0.717) is 0 Å². The molecule has 33 heavy (non-hydrogen) atoms. The van der Waals surface area contributed by atoms with E-state index in [1.54, 1.807) is 18.5 Å². The van der Waals surface area contributed by atoms with E-state index in [0.717, 1.165) is 18.8 Å². The van der Waals surface area contributed by atoms with Gasteiger partial charge in [0.15, 0.2) is 0 Å². The van der Waals surface area contributed by atoms with Crippen molar-refractivity contribution in [3.05, 3.63) is 12.2 Å². The highest BCUT2D eigenvalue weighted by Gasteiger charge is 2.35. The number of unbranched alkanes of at least 4 members (excludes halogenated alkanes) is 15. The van der Waals surface area contributed by atoms with Crippen LogP contribution < -0.4 is 12.4 Å². The van der Waals surface area contributed by atoms with Crippen molar-refractivity contribution >= 4 is 7.26 Å². The van der Waals surface area contributed by atoms with Crippen molar-refractivity contribution in [3.8, 4) is 0 Å². The van der Waals surface area contributed by atoms with Gasteiger partial charge in [-0.1, -0.05) is 110 Å². The van der Waals surface area contributed by atoms with E-state index in [4.69, 9.17) is 4.74 Å². The second-order valence-corrected chi connectivity index (χ2v) is 15.0. The zero-order valence-electron chi connectivity index (χ0n) is 23.4. The summed E-state index contributed by atoms with van der Waals surface area (Å²) in [5.74, 6) is 0. The third-order valence-corrected chi connectivity index (χ3v) is 11.9. The molecule has 3 heteroatoms. The van der Waals surface area contributed by atoms with Crippen LogP contribution in [-0.2, 0) is 4.74 Å². The normalized spacial score (nSPS) is 11.5. The Labute approximate surface area is 217 Å². The summed E-state index contributed by atoms with van der Waals surface area (Å²) in [5, 5.41) is 0. The first kappa shape index (κ1) is 35.6. The summed E-state index contributed by atoms with van der Waals surface area (Å²) in [6.07, 6.45) is 31.8. The average molecular weight is 505 g/mol. The van der Waals surface area contributed by atoms with Crippen molar-refractivity contribution < 1.29 is 17.1 Å². The molecule has 0 atom stereocenters. The lowest BCUT2D eigenvalue weighted by Gasteiger charge is -2.28. The molecule has 0 aromatic rings. The van der Waals surface area contributed by atoms with Gasteiger partial charge >= 0.3 is 0 Å². The van der Waals surface area contributed by atoms with Gasteiger partial charge in [0.25, 0.3) is 0 Å². The molecule has 0 amide bonds. The highest BCUT2D eigenvalue weighted by atomic mass is 35.5. The highest BCUT2D eigenvalue weighted by molar-refractivity contribution is 7.75. The van der Waals surface area contributed by atoms with Gasteiger partial charge in [0.05, 0.1) is 37.9 Å². The zero-order valence-corrected chi connectivity index (χ0v) is 25.1. The fourth-order valence-electron chi connectivity index (χ4n) is 4.86. The number of rotatable bonds is 26. The summed E-state index contributed by atoms with van der Waals surface area (Å²) in [6, 6.07) is 0. The second kappa shape index (κ2) is 27.0. The van der Waals surface area contributed by atoms with Crippen molar-refractivity contribution in [3.63, 3.8) is 0 Å². The maximum absolute atomic E-state index is 6.06. The molecule has 200 valence electrons. The molecule has 1 nitrogen and oxygen atoms in total. The minimum atomic E-state index is -0.878. The van der Waals surface area contributed by atoms with E-state index in [9.17, 15) is 0 Å². The third kappa shape index (κ3) is 23.9. The van der Waals surface area contributed by atoms with Crippen molar-refractivity contribution in [1.29, 1.82) is 0 Å². The Bertz CT molecular complexity index is 358. The van der Waals surface area contributed by atoms with Crippen molar-refractivity contribution in [2.45, 2.75) is 143 Å². The summed E-state index contributed by atoms with van der Waals surface area (Å²) in [5.41, 5.74) is 1.16. The van der Waals surface area contributed by atoms with Crippen LogP contribution in [0.5, 0.6) is 0 Å².